The summed E-state index contributed by atoms with van der Waals surface area (Å²) in [4.78, 5) is 39.6. The molecule has 1 saturated heterocycles. The Bertz CT molecular complexity index is 637. The molecule has 0 spiro atoms. The summed E-state index contributed by atoms with van der Waals surface area (Å²) in [5.74, 6) is -2.53. The Kier molecular flexibility index (Phi) is 4.55. The molecule has 7 nitrogen and oxygen atoms in total. The van der Waals surface area contributed by atoms with Crippen LogP contribution in [0.25, 0.3) is 0 Å². The highest BCUT2D eigenvalue weighted by Gasteiger charge is 2.37. The molecule has 1 fully saturated rings. The maximum atomic E-state index is 12.4. The first kappa shape index (κ1) is 15.8. The van der Waals surface area contributed by atoms with E-state index in [4.69, 9.17) is 39.9 Å². The lowest BCUT2D eigenvalue weighted by molar-refractivity contribution is -0.144. The molecule has 0 bridgehead atoms. The van der Waals surface area contributed by atoms with Gasteiger partial charge in [0.1, 0.15) is 18.3 Å². The van der Waals surface area contributed by atoms with Crippen molar-refractivity contribution in [2.24, 2.45) is 0 Å². The number of hydrogen-bond acceptors (Lipinski definition) is 4. The minimum Gasteiger partial charge on any atom is -0.480 e. The fourth-order valence-electron chi connectivity index (χ4n) is 1.80. The SMILES string of the molecule is O=C1CN(C(=O)c2ncc(Cl)c(Cl)c2Cl)C(C(=O)O)CN1. The van der Waals surface area contributed by atoms with Crippen LogP contribution in [0.4, 0.5) is 0 Å². The fourth-order valence-corrected chi connectivity index (χ4v) is 2.37. The third-order valence-electron chi connectivity index (χ3n) is 2.85. The maximum absolute atomic E-state index is 12.4. The fraction of sp³-hybridized carbons (Fsp3) is 0.273. The van der Waals surface area contributed by atoms with Gasteiger partial charge in [-0.2, -0.15) is 0 Å². The minimum absolute atomic E-state index is 0.0596. The van der Waals surface area contributed by atoms with Gasteiger partial charge in [-0.25, -0.2) is 9.78 Å². The normalized spacial score (nSPS) is 18.3. The van der Waals surface area contributed by atoms with Gasteiger partial charge in [0, 0.05) is 12.7 Å². The average Bonchev–Trinajstić information content (AvgIpc) is 2.44. The van der Waals surface area contributed by atoms with Crippen LogP contribution in [0.1, 0.15) is 10.5 Å². The predicted octanol–water partition coefficient (Wildman–Crippen LogP) is 1.07. The van der Waals surface area contributed by atoms with Crippen molar-refractivity contribution in [2.45, 2.75) is 6.04 Å². The van der Waals surface area contributed by atoms with Gasteiger partial charge >= 0.3 is 5.97 Å². The molecule has 0 saturated carbocycles. The standard InChI is InChI=1S/C11H8Cl3N3O4/c12-4-1-16-9(8(14)7(4)13)10(19)17-3-6(18)15-2-5(17)11(20)21/h1,5H,2-3H2,(H,15,18)(H,20,21). The van der Waals surface area contributed by atoms with Crippen molar-refractivity contribution in [3.63, 3.8) is 0 Å². The Morgan fingerprint density at radius 1 is 1.33 bits per heavy atom. The first-order valence-corrected chi connectivity index (χ1v) is 6.76. The molecule has 0 radical (unpaired) electrons. The molecule has 1 aromatic heterocycles. The Balaban J connectivity index is 2.39. The summed E-state index contributed by atoms with van der Waals surface area (Å²) in [5, 5.41) is 11.3. The van der Waals surface area contributed by atoms with Gasteiger partial charge in [-0.1, -0.05) is 34.8 Å². The average molecular weight is 353 g/mol. The summed E-state index contributed by atoms with van der Waals surface area (Å²) in [6.07, 6.45) is 1.13. The van der Waals surface area contributed by atoms with Crippen molar-refractivity contribution in [1.82, 2.24) is 15.2 Å². The molecule has 21 heavy (non-hydrogen) atoms. The van der Waals surface area contributed by atoms with Gasteiger partial charge in [-0.15, -0.1) is 0 Å². The van der Waals surface area contributed by atoms with E-state index in [0.29, 0.717) is 0 Å². The molecule has 10 heteroatoms. The molecule has 0 aliphatic carbocycles. The molecular formula is C11H8Cl3N3O4. The molecule has 1 unspecified atom stereocenters. The van der Waals surface area contributed by atoms with E-state index in [1.54, 1.807) is 0 Å². The summed E-state index contributed by atoms with van der Waals surface area (Å²) in [7, 11) is 0. The van der Waals surface area contributed by atoms with Gasteiger partial charge in [-0.05, 0) is 0 Å². The number of carboxylic acids is 1. The zero-order valence-corrected chi connectivity index (χ0v) is 12.5. The van der Waals surface area contributed by atoms with Crippen LogP contribution in [0, 0.1) is 0 Å². The van der Waals surface area contributed by atoms with Crippen LogP contribution in [-0.4, -0.2) is 51.9 Å². The molecule has 2 amide bonds. The monoisotopic (exact) mass is 351 g/mol. The van der Waals surface area contributed by atoms with E-state index in [-0.39, 0.29) is 27.3 Å². The predicted molar refractivity (Wildman–Crippen MR) is 74.7 cm³/mol. The second-order valence-electron chi connectivity index (χ2n) is 4.17. The first-order valence-electron chi connectivity index (χ1n) is 5.63. The van der Waals surface area contributed by atoms with E-state index < -0.39 is 30.4 Å². The van der Waals surface area contributed by atoms with Gasteiger partial charge in [0.25, 0.3) is 5.91 Å². The summed E-state index contributed by atoms with van der Waals surface area (Å²) < 4.78 is 0. The Labute approximate surface area is 133 Å². The van der Waals surface area contributed by atoms with Crippen LogP contribution in [0.2, 0.25) is 15.1 Å². The lowest BCUT2D eigenvalue weighted by atomic mass is 10.1. The smallest absolute Gasteiger partial charge is 0.328 e. The van der Waals surface area contributed by atoms with Crippen molar-refractivity contribution in [1.29, 1.82) is 0 Å². The van der Waals surface area contributed by atoms with Crippen molar-refractivity contribution in [3.8, 4) is 0 Å². The van der Waals surface area contributed by atoms with E-state index >= 15 is 0 Å². The quantitative estimate of drug-likeness (QED) is 0.829. The molecular weight excluding hydrogens is 344 g/mol. The number of halogens is 3. The summed E-state index contributed by atoms with van der Waals surface area (Å²) in [5.41, 5.74) is -0.257. The highest BCUT2D eigenvalue weighted by Crippen LogP contribution is 2.31. The Morgan fingerprint density at radius 2 is 2.00 bits per heavy atom. The van der Waals surface area contributed by atoms with Crippen molar-refractivity contribution < 1.29 is 19.5 Å². The highest BCUT2D eigenvalue weighted by atomic mass is 35.5. The van der Waals surface area contributed by atoms with Crippen LogP contribution < -0.4 is 5.32 Å². The molecule has 2 rings (SSSR count). The number of aromatic nitrogens is 1. The number of pyridine rings is 1. The molecule has 1 aliphatic rings. The summed E-state index contributed by atoms with van der Waals surface area (Å²) >= 11 is 17.4. The van der Waals surface area contributed by atoms with Crippen LogP contribution >= 0.6 is 34.8 Å². The van der Waals surface area contributed by atoms with Gasteiger partial charge in [0.05, 0.1) is 15.1 Å². The Morgan fingerprint density at radius 3 is 2.62 bits per heavy atom. The number of carbonyl (C=O) groups is 3. The highest BCUT2D eigenvalue weighted by molar-refractivity contribution is 6.48. The van der Waals surface area contributed by atoms with E-state index in [9.17, 15) is 14.4 Å². The molecule has 112 valence electrons. The number of aliphatic carboxylic acids is 1. The van der Waals surface area contributed by atoms with E-state index in [0.717, 1.165) is 11.1 Å². The number of rotatable bonds is 2. The third-order valence-corrected chi connectivity index (χ3v) is 4.09. The first-order chi connectivity index (χ1) is 9.82. The molecule has 2 heterocycles. The van der Waals surface area contributed by atoms with Crippen LogP contribution in [0.3, 0.4) is 0 Å². The number of carboxylic acid groups (broad SMARTS) is 1. The van der Waals surface area contributed by atoms with Crippen molar-refractivity contribution >= 4 is 52.6 Å². The van der Waals surface area contributed by atoms with Crippen molar-refractivity contribution in [3.05, 3.63) is 27.0 Å². The molecule has 1 aromatic rings. The molecule has 1 atom stereocenters. The number of nitrogens with zero attached hydrogens (tertiary/aromatic N) is 2. The number of nitrogens with one attached hydrogen (secondary N) is 1. The number of piperazine rings is 1. The lowest BCUT2D eigenvalue weighted by Crippen LogP contribution is -2.59. The zero-order chi connectivity index (χ0) is 15.7. The van der Waals surface area contributed by atoms with Crippen LogP contribution in [0.15, 0.2) is 6.20 Å². The molecule has 1 aliphatic heterocycles. The van der Waals surface area contributed by atoms with Crippen LogP contribution in [-0.2, 0) is 9.59 Å². The van der Waals surface area contributed by atoms with Gasteiger partial charge < -0.3 is 15.3 Å². The summed E-state index contributed by atoms with van der Waals surface area (Å²) in [6.45, 7) is -0.604. The molecule has 2 N–H and O–H groups in total. The van der Waals surface area contributed by atoms with Crippen molar-refractivity contribution in [2.75, 3.05) is 13.1 Å². The minimum atomic E-state index is -1.25. The van der Waals surface area contributed by atoms with Gasteiger partial charge in [0.15, 0.2) is 0 Å². The topological polar surface area (TPSA) is 99.6 Å². The van der Waals surface area contributed by atoms with Gasteiger partial charge in [-0.3, -0.25) is 9.59 Å². The maximum Gasteiger partial charge on any atom is 0.328 e. The zero-order valence-electron chi connectivity index (χ0n) is 10.3. The number of carbonyl (C=O) groups excluding carboxylic acids is 2. The second kappa shape index (κ2) is 6.05. The largest absolute Gasteiger partial charge is 0.480 e. The molecule has 0 aromatic carbocycles. The number of amides is 2. The third kappa shape index (κ3) is 3.04. The number of hydrogen-bond donors (Lipinski definition) is 2. The van der Waals surface area contributed by atoms with E-state index in [2.05, 4.69) is 10.3 Å². The lowest BCUT2D eigenvalue weighted by Gasteiger charge is -2.32. The van der Waals surface area contributed by atoms with Gasteiger partial charge in [0.2, 0.25) is 5.91 Å². The summed E-state index contributed by atoms with van der Waals surface area (Å²) in [6, 6.07) is -1.21. The van der Waals surface area contributed by atoms with E-state index in [1.807, 2.05) is 0 Å². The van der Waals surface area contributed by atoms with E-state index in [1.165, 1.54) is 0 Å². The van der Waals surface area contributed by atoms with Crippen LogP contribution in [0.5, 0.6) is 0 Å². The Hall–Kier alpha value is -1.57. The second-order valence-corrected chi connectivity index (χ2v) is 5.34.